The number of halogens is 1. The topological polar surface area (TPSA) is 70.4 Å². The highest BCUT2D eigenvalue weighted by Gasteiger charge is 2.25. The summed E-state index contributed by atoms with van der Waals surface area (Å²) < 4.78 is 31.4. The van der Waals surface area contributed by atoms with E-state index in [0.29, 0.717) is 10.6 Å². The lowest BCUT2D eigenvalue weighted by atomic mass is 10.2. The molecule has 110 valence electrons. The fourth-order valence-electron chi connectivity index (χ4n) is 1.71. The third kappa shape index (κ3) is 4.18. The lowest BCUT2D eigenvalue weighted by molar-refractivity contribution is 0.179. The number of benzene rings is 1. The molecule has 0 radical (unpaired) electrons. The Morgan fingerprint density at radius 1 is 1.40 bits per heavy atom. The summed E-state index contributed by atoms with van der Waals surface area (Å²) in [5, 5.41) is 9.01. The van der Waals surface area contributed by atoms with Gasteiger partial charge in [-0.05, 0) is 24.6 Å². The molecular weight excluding hydrogens is 300 g/mol. The highest BCUT2D eigenvalue weighted by molar-refractivity contribution is 7.89. The van der Waals surface area contributed by atoms with Crippen LogP contribution in [0.3, 0.4) is 0 Å². The van der Waals surface area contributed by atoms with Crippen molar-refractivity contribution in [2.45, 2.75) is 18.2 Å². The Balaban J connectivity index is 3.14. The molecule has 0 unspecified atom stereocenters. The van der Waals surface area contributed by atoms with Crippen molar-refractivity contribution in [2.75, 3.05) is 26.8 Å². The molecule has 0 fully saturated rings. The number of hydrogen-bond donors (Lipinski definition) is 0. The van der Waals surface area contributed by atoms with E-state index in [4.69, 9.17) is 21.6 Å². The van der Waals surface area contributed by atoms with Gasteiger partial charge in [0.15, 0.2) is 0 Å². The molecule has 1 aromatic carbocycles. The largest absolute Gasteiger partial charge is 0.383 e. The molecule has 0 amide bonds. The first kappa shape index (κ1) is 16.9. The normalized spacial score (nSPS) is 11.6. The fourth-order valence-corrected chi connectivity index (χ4v) is 3.62. The van der Waals surface area contributed by atoms with Crippen molar-refractivity contribution < 1.29 is 13.2 Å². The molecule has 5 nitrogen and oxygen atoms in total. The molecule has 0 atom stereocenters. The lowest BCUT2D eigenvalue weighted by Crippen LogP contribution is -2.35. The zero-order valence-electron chi connectivity index (χ0n) is 11.5. The highest BCUT2D eigenvalue weighted by atomic mass is 35.5. The van der Waals surface area contributed by atoms with Crippen molar-refractivity contribution in [3.05, 3.63) is 28.8 Å². The van der Waals surface area contributed by atoms with Gasteiger partial charge < -0.3 is 4.74 Å². The SMILES string of the molecule is COCCN(CCC#N)S(=O)(=O)c1cc(Cl)ccc1C. The number of sulfonamides is 1. The van der Waals surface area contributed by atoms with Crippen molar-refractivity contribution in [3.8, 4) is 6.07 Å². The van der Waals surface area contributed by atoms with Gasteiger partial charge in [-0.25, -0.2) is 8.42 Å². The zero-order valence-corrected chi connectivity index (χ0v) is 13.0. The monoisotopic (exact) mass is 316 g/mol. The molecule has 0 saturated carbocycles. The van der Waals surface area contributed by atoms with Gasteiger partial charge in [0, 0.05) is 31.6 Å². The van der Waals surface area contributed by atoms with Crippen LogP contribution >= 0.6 is 11.6 Å². The second kappa shape index (κ2) is 7.60. The molecule has 7 heteroatoms. The third-order valence-corrected chi connectivity index (χ3v) is 5.06. The van der Waals surface area contributed by atoms with Crippen LogP contribution in [0.4, 0.5) is 0 Å². The van der Waals surface area contributed by atoms with Crippen LogP contribution in [0.15, 0.2) is 23.1 Å². The molecule has 0 saturated heterocycles. The number of aryl methyl sites for hydroxylation is 1. The van der Waals surface area contributed by atoms with Crippen molar-refractivity contribution in [2.24, 2.45) is 0 Å². The number of ether oxygens (including phenoxy) is 1. The molecule has 1 aromatic rings. The van der Waals surface area contributed by atoms with E-state index in [1.54, 1.807) is 19.1 Å². The molecule has 0 N–H and O–H groups in total. The van der Waals surface area contributed by atoms with Crippen LogP contribution in [0.25, 0.3) is 0 Å². The average molecular weight is 317 g/mol. The van der Waals surface area contributed by atoms with Crippen LogP contribution in [0, 0.1) is 18.3 Å². The summed E-state index contributed by atoms with van der Waals surface area (Å²) in [5.41, 5.74) is 0.619. The Labute approximate surface area is 124 Å². The van der Waals surface area contributed by atoms with Crippen LogP contribution in [0.2, 0.25) is 5.02 Å². The van der Waals surface area contributed by atoms with Gasteiger partial charge in [0.05, 0.1) is 17.6 Å². The summed E-state index contributed by atoms with van der Waals surface area (Å²) in [7, 11) is -2.18. The van der Waals surface area contributed by atoms with Gasteiger partial charge in [-0.3, -0.25) is 0 Å². The molecule has 0 bridgehead atoms. The smallest absolute Gasteiger partial charge is 0.243 e. The predicted molar refractivity (Wildman–Crippen MR) is 77.1 cm³/mol. The lowest BCUT2D eigenvalue weighted by Gasteiger charge is -2.22. The first-order valence-electron chi connectivity index (χ1n) is 6.05. The minimum Gasteiger partial charge on any atom is -0.383 e. The second-order valence-electron chi connectivity index (χ2n) is 4.21. The van der Waals surface area contributed by atoms with Crippen LogP contribution in [-0.4, -0.2) is 39.5 Å². The standard InChI is InChI=1S/C13H17ClN2O3S/c1-11-4-5-12(14)10-13(11)20(17,18)16(7-3-6-15)8-9-19-2/h4-5,10H,3,7-9H2,1-2H3. The molecule has 0 aliphatic carbocycles. The number of nitrogens with zero attached hydrogens (tertiary/aromatic N) is 2. The maximum atomic E-state index is 12.6. The fraction of sp³-hybridized carbons (Fsp3) is 0.462. The average Bonchev–Trinajstić information content (AvgIpc) is 2.41. The molecule has 20 heavy (non-hydrogen) atoms. The number of hydrogen-bond acceptors (Lipinski definition) is 4. The van der Waals surface area contributed by atoms with Crippen LogP contribution in [0.5, 0.6) is 0 Å². The molecule has 0 aliphatic rings. The zero-order chi connectivity index (χ0) is 15.2. The molecule has 0 aromatic heterocycles. The van der Waals surface area contributed by atoms with E-state index in [0.717, 1.165) is 0 Å². The maximum Gasteiger partial charge on any atom is 0.243 e. The highest BCUT2D eigenvalue weighted by Crippen LogP contribution is 2.23. The number of rotatable bonds is 7. The van der Waals surface area contributed by atoms with Crippen molar-refractivity contribution in [1.29, 1.82) is 5.26 Å². The Bertz CT molecular complexity index is 596. The third-order valence-electron chi connectivity index (χ3n) is 2.79. The quantitative estimate of drug-likeness (QED) is 0.773. The maximum absolute atomic E-state index is 12.6. The van der Waals surface area contributed by atoms with E-state index in [-0.39, 0.29) is 31.0 Å². The van der Waals surface area contributed by atoms with Crippen LogP contribution < -0.4 is 0 Å². The van der Waals surface area contributed by atoms with E-state index in [2.05, 4.69) is 0 Å². The van der Waals surface area contributed by atoms with Crippen molar-refractivity contribution >= 4 is 21.6 Å². The first-order valence-corrected chi connectivity index (χ1v) is 7.87. The van der Waals surface area contributed by atoms with Gasteiger partial charge in [-0.1, -0.05) is 17.7 Å². The van der Waals surface area contributed by atoms with E-state index >= 15 is 0 Å². The Hall–Kier alpha value is -1.13. The Kier molecular flexibility index (Phi) is 6.43. The molecular formula is C13H17ClN2O3S. The predicted octanol–water partition coefficient (Wildman–Crippen LogP) is 2.20. The Morgan fingerprint density at radius 2 is 2.10 bits per heavy atom. The summed E-state index contributed by atoms with van der Waals surface area (Å²) in [6.45, 7) is 2.31. The van der Waals surface area contributed by atoms with Gasteiger partial charge in [0.2, 0.25) is 10.0 Å². The van der Waals surface area contributed by atoms with Gasteiger partial charge in [-0.2, -0.15) is 9.57 Å². The van der Waals surface area contributed by atoms with E-state index in [1.807, 2.05) is 6.07 Å². The minimum absolute atomic E-state index is 0.128. The van der Waals surface area contributed by atoms with Gasteiger partial charge in [-0.15, -0.1) is 0 Å². The van der Waals surface area contributed by atoms with Crippen LogP contribution in [0.1, 0.15) is 12.0 Å². The summed E-state index contributed by atoms with van der Waals surface area (Å²) in [4.78, 5) is 0.166. The van der Waals surface area contributed by atoms with E-state index in [9.17, 15) is 8.42 Å². The molecule has 0 aliphatic heterocycles. The minimum atomic E-state index is -3.68. The summed E-state index contributed by atoms with van der Waals surface area (Å²) in [5.74, 6) is 0. The summed E-state index contributed by atoms with van der Waals surface area (Å²) >= 11 is 5.88. The number of methoxy groups -OCH3 is 1. The van der Waals surface area contributed by atoms with Gasteiger partial charge in [0.1, 0.15) is 0 Å². The second-order valence-corrected chi connectivity index (χ2v) is 6.56. The van der Waals surface area contributed by atoms with Crippen LogP contribution in [-0.2, 0) is 14.8 Å². The summed E-state index contributed by atoms with van der Waals surface area (Å²) in [6, 6.07) is 6.68. The van der Waals surface area contributed by atoms with Crippen molar-refractivity contribution in [3.63, 3.8) is 0 Å². The Morgan fingerprint density at radius 3 is 2.70 bits per heavy atom. The molecule has 0 heterocycles. The van der Waals surface area contributed by atoms with Crippen molar-refractivity contribution in [1.82, 2.24) is 4.31 Å². The van der Waals surface area contributed by atoms with E-state index < -0.39 is 10.0 Å². The van der Waals surface area contributed by atoms with Gasteiger partial charge in [0.25, 0.3) is 0 Å². The molecule has 1 rings (SSSR count). The summed E-state index contributed by atoms with van der Waals surface area (Å²) in [6.07, 6.45) is 0.128. The van der Waals surface area contributed by atoms with Gasteiger partial charge >= 0.3 is 0 Å². The van der Waals surface area contributed by atoms with E-state index in [1.165, 1.54) is 17.5 Å². The molecule has 0 spiro atoms. The first-order chi connectivity index (χ1) is 9.43. The number of nitriles is 1.